The van der Waals surface area contributed by atoms with Crippen LogP contribution in [-0.2, 0) is 4.74 Å². The second-order valence-corrected chi connectivity index (χ2v) is 5.41. The molecule has 1 heterocycles. The Bertz CT molecular complexity index is 909. The van der Waals surface area contributed by atoms with Gasteiger partial charge in [-0.2, -0.15) is 0 Å². The minimum Gasteiger partial charge on any atom is -0.465 e. The number of hydrogen-bond donors (Lipinski definition) is 2. The van der Waals surface area contributed by atoms with Crippen LogP contribution in [0.5, 0.6) is 0 Å². The SMILES string of the molecule is COC(=O)c1ccccc1Nc1ccc(NC(=O)c2ccccc2)cn1. The van der Waals surface area contributed by atoms with Gasteiger partial charge in [-0.05, 0) is 36.4 Å². The number of carbonyl (C=O) groups excluding carboxylic acids is 2. The highest BCUT2D eigenvalue weighted by Crippen LogP contribution is 2.21. The Labute approximate surface area is 150 Å². The van der Waals surface area contributed by atoms with Crippen molar-refractivity contribution in [2.45, 2.75) is 0 Å². The number of ether oxygens (including phenoxy) is 1. The van der Waals surface area contributed by atoms with Gasteiger partial charge < -0.3 is 15.4 Å². The summed E-state index contributed by atoms with van der Waals surface area (Å²) in [7, 11) is 1.33. The molecule has 2 aromatic carbocycles. The first-order valence-corrected chi connectivity index (χ1v) is 7.94. The van der Waals surface area contributed by atoms with Crippen molar-refractivity contribution in [3.8, 4) is 0 Å². The number of carbonyl (C=O) groups is 2. The van der Waals surface area contributed by atoms with Crippen molar-refractivity contribution < 1.29 is 14.3 Å². The number of anilines is 3. The molecular weight excluding hydrogens is 330 g/mol. The van der Waals surface area contributed by atoms with Gasteiger partial charge in [0.05, 0.1) is 30.2 Å². The van der Waals surface area contributed by atoms with E-state index in [-0.39, 0.29) is 5.91 Å². The molecule has 1 amide bonds. The van der Waals surface area contributed by atoms with Gasteiger partial charge in [0.2, 0.25) is 0 Å². The molecule has 1 aromatic heterocycles. The number of hydrogen-bond acceptors (Lipinski definition) is 5. The fraction of sp³-hybridized carbons (Fsp3) is 0.0500. The van der Waals surface area contributed by atoms with E-state index in [1.165, 1.54) is 7.11 Å². The third-order valence-electron chi connectivity index (χ3n) is 3.65. The highest BCUT2D eigenvalue weighted by Gasteiger charge is 2.11. The summed E-state index contributed by atoms with van der Waals surface area (Å²) in [4.78, 5) is 28.2. The molecule has 26 heavy (non-hydrogen) atoms. The molecule has 0 fully saturated rings. The van der Waals surface area contributed by atoms with E-state index in [2.05, 4.69) is 15.6 Å². The lowest BCUT2D eigenvalue weighted by atomic mass is 10.2. The number of aromatic nitrogens is 1. The monoisotopic (exact) mass is 347 g/mol. The van der Waals surface area contributed by atoms with Gasteiger partial charge in [-0.25, -0.2) is 9.78 Å². The smallest absolute Gasteiger partial charge is 0.339 e. The molecule has 0 unspecified atom stereocenters. The van der Waals surface area contributed by atoms with Crippen molar-refractivity contribution in [1.29, 1.82) is 0 Å². The predicted octanol–water partition coefficient (Wildman–Crippen LogP) is 3.86. The lowest BCUT2D eigenvalue weighted by Crippen LogP contribution is -2.12. The Morgan fingerprint density at radius 1 is 0.923 bits per heavy atom. The first-order chi connectivity index (χ1) is 12.7. The average molecular weight is 347 g/mol. The summed E-state index contributed by atoms with van der Waals surface area (Å²) in [5.41, 5.74) is 2.15. The predicted molar refractivity (Wildman–Crippen MR) is 99.7 cm³/mol. The van der Waals surface area contributed by atoms with Crippen molar-refractivity contribution in [3.63, 3.8) is 0 Å². The van der Waals surface area contributed by atoms with E-state index < -0.39 is 5.97 Å². The Hall–Kier alpha value is -3.67. The molecule has 0 spiro atoms. The fourth-order valence-corrected chi connectivity index (χ4v) is 2.35. The Kier molecular flexibility index (Phi) is 5.24. The maximum atomic E-state index is 12.1. The maximum Gasteiger partial charge on any atom is 0.339 e. The summed E-state index contributed by atoms with van der Waals surface area (Å²) >= 11 is 0. The van der Waals surface area contributed by atoms with Crippen LogP contribution in [0.3, 0.4) is 0 Å². The zero-order valence-electron chi connectivity index (χ0n) is 14.1. The van der Waals surface area contributed by atoms with Crippen LogP contribution in [0, 0.1) is 0 Å². The summed E-state index contributed by atoms with van der Waals surface area (Å²) in [6.07, 6.45) is 1.55. The Morgan fingerprint density at radius 2 is 1.65 bits per heavy atom. The number of pyridine rings is 1. The van der Waals surface area contributed by atoms with Gasteiger partial charge in [-0.1, -0.05) is 30.3 Å². The van der Waals surface area contributed by atoms with E-state index in [9.17, 15) is 9.59 Å². The van der Waals surface area contributed by atoms with Crippen LogP contribution in [0.4, 0.5) is 17.2 Å². The second kappa shape index (κ2) is 7.94. The molecule has 0 saturated carbocycles. The molecule has 2 N–H and O–H groups in total. The van der Waals surface area contributed by atoms with Crippen molar-refractivity contribution >= 4 is 29.1 Å². The molecule has 0 bridgehead atoms. The first-order valence-electron chi connectivity index (χ1n) is 7.94. The third kappa shape index (κ3) is 4.05. The standard InChI is InChI=1S/C20H17N3O3/c1-26-20(25)16-9-5-6-10-17(16)23-18-12-11-15(13-21-18)22-19(24)14-7-3-2-4-8-14/h2-13H,1H3,(H,21,23)(H,22,24). The topological polar surface area (TPSA) is 80.3 Å². The molecule has 0 atom stereocenters. The van der Waals surface area contributed by atoms with Crippen LogP contribution in [0.1, 0.15) is 20.7 Å². The molecule has 6 nitrogen and oxygen atoms in total. The van der Waals surface area contributed by atoms with E-state index >= 15 is 0 Å². The van der Waals surface area contributed by atoms with Gasteiger partial charge in [0.25, 0.3) is 5.91 Å². The van der Waals surface area contributed by atoms with Crippen molar-refractivity contribution in [2.75, 3.05) is 17.7 Å². The number of methoxy groups -OCH3 is 1. The number of amides is 1. The summed E-state index contributed by atoms with van der Waals surface area (Å²) in [6.45, 7) is 0. The molecule has 0 aliphatic rings. The van der Waals surface area contributed by atoms with Gasteiger partial charge in [0.15, 0.2) is 0 Å². The van der Waals surface area contributed by atoms with Gasteiger partial charge in [-0.3, -0.25) is 4.79 Å². The van der Waals surface area contributed by atoms with Crippen molar-refractivity contribution in [2.24, 2.45) is 0 Å². The number of para-hydroxylation sites is 1. The van der Waals surface area contributed by atoms with Crippen LogP contribution >= 0.6 is 0 Å². The van der Waals surface area contributed by atoms with E-state index in [0.29, 0.717) is 28.3 Å². The van der Waals surface area contributed by atoms with Gasteiger partial charge in [0, 0.05) is 5.56 Å². The summed E-state index contributed by atoms with van der Waals surface area (Å²) in [5, 5.41) is 5.86. The van der Waals surface area contributed by atoms with E-state index in [1.54, 1.807) is 60.8 Å². The highest BCUT2D eigenvalue weighted by atomic mass is 16.5. The third-order valence-corrected chi connectivity index (χ3v) is 3.65. The molecule has 3 rings (SSSR count). The molecule has 0 radical (unpaired) electrons. The zero-order chi connectivity index (χ0) is 18.4. The molecule has 0 saturated heterocycles. The number of nitrogens with one attached hydrogen (secondary N) is 2. The van der Waals surface area contributed by atoms with Crippen LogP contribution < -0.4 is 10.6 Å². The Balaban J connectivity index is 1.71. The Morgan fingerprint density at radius 3 is 2.35 bits per heavy atom. The van der Waals surface area contributed by atoms with Crippen molar-refractivity contribution in [1.82, 2.24) is 4.98 Å². The second-order valence-electron chi connectivity index (χ2n) is 5.41. The van der Waals surface area contributed by atoms with Crippen LogP contribution in [0.15, 0.2) is 72.9 Å². The van der Waals surface area contributed by atoms with Gasteiger partial charge in [0.1, 0.15) is 5.82 Å². The minimum absolute atomic E-state index is 0.204. The minimum atomic E-state index is -0.431. The quantitative estimate of drug-likeness (QED) is 0.685. The van der Waals surface area contributed by atoms with E-state index in [1.807, 2.05) is 12.1 Å². The summed E-state index contributed by atoms with van der Waals surface area (Å²) in [6, 6.07) is 19.4. The summed E-state index contributed by atoms with van der Waals surface area (Å²) < 4.78 is 4.77. The van der Waals surface area contributed by atoms with Crippen LogP contribution in [0.25, 0.3) is 0 Å². The van der Waals surface area contributed by atoms with Gasteiger partial charge in [-0.15, -0.1) is 0 Å². The number of nitrogens with zero attached hydrogens (tertiary/aromatic N) is 1. The maximum absolute atomic E-state index is 12.1. The van der Waals surface area contributed by atoms with Crippen LogP contribution in [0.2, 0.25) is 0 Å². The highest BCUT2D eigenvalue weighted by molar-refractivity contribution is 6.04. The molecule has 0 aliphatic heterocycles. The van der Waals surface area contributed by atoms with Gasteiger partial charge >= 0.3 is 5.97 Å². The number of benzene rings is 2. The summed E-state index contributed by atoms with van der Waals surface area (Å²) in [5.74, 6) is -0.0944. The number of esters is 1. The van der Waals surface area contributed by atoms with E-state index in [0.717, 1.165) is 0 Å². The molecule has 3 aromatic rings. The zero-order valence-corrected chi connectivity index (χ0v) is 14.1. The lowest BCUT2D eigenvalue weighted by Gasteiger charge is -2.11. The average Bonchev–Trinajstić information content (AvgIpc) is 2.70. The molecular formula is C20H17N3O3. The number of rotatable bonds is 5. The lowest BCUT2D eigenvalue weighted by molar-refractivity contribution is 0.0601. The fourth-order valence-electron chi connectivity index (χ4n) is 2.35. The molecule has 130 valence electrons. The normalized spacial score (nSPS) is 10.0. The van der Waals surface area contributed by atoms with E-state index in [4.69, 9.17) is 4.74 Å². The largest absolute Gasteiger partial charge is 0.465 e. The van der Waals surface area contributed by atoms with Crippen LogP contribution in [-0.4, -0.2) is 24.0 Å². The molecule has 6 heteroatoms. The first kappa shape index (κ1) is 17.2. The van der Waals surface area contributed by atoms with Crippen molar-refractivity contribution in [3.05, 3.63) is 84.1 Å². The molecule has 0 aliphatic carbocycles.